The molecule has 1 unspecified atom stereocenters. The third kappa shape index (κ3) is 69.9. The number of aliphatic carboxylic acids is 1. The van der Waals surface area contributed by atoms with E-state index in [0.717, 1.165) is 5.56 Å². The van der Waals surface area contributed by atoms with Gasteiger partial charge in [0.15, 0.2) is 6.10 Å². The minimum Gasteiger partial charge on any atom is -0.495 e. The van der Waals surface area contributed by atoms with Gasteiger partial charge in [-0.15, -0.1) is 0 Å². The van der Waals surface area contributed by atoms with Crippen LogP contribution >= 0.6 is 11.6 Å². The number of epoxide rings is 1. The molecule has 2 aliphatic heterocycles. The van der Waals surface area contributed by atoms with Gasteiger partial charge in [0, 0.05) is 64.8 Å². The third-order valence-corrected chi connectivity index (χ3v) is 22.4. The number of esters is 2. The van der Waals surface area contributed by atoms with Crippen molar-refractivity contribution < 1.29 is 181 Å². The molecule has 2 aliphatic rings. The average Bonchev–Trinajstić information content (AvgIpc) is 1.63. The molecule has 45 heteroatoms. The lowest BCUT2D eigenvalue weighted by molar-refractivity contribution is -0.179. The molecule has 2 aromatic rings. The van der Waals surface area contributed by atoms with Crippen LogP contribution in [0.15, 0.2) is 54.6 Å². The maximum atomic E-state index is 14.1. The molecule has 44 nitrogen and oxygen atoms in total. The summed E-state index contributed by atoms with van der Waals surface area (Å²) in [6.45, 7) is 33.5. The van der Waals surface area contributed by atoms with E-state index in [0.29, 0.717) is 332 Å². The maximum Gasteiger partial charge on any atom is 0.347 e. The molecule has 8 atom stereocenters. The molecular formula is C103H173ClN6O38. The number of carbonyl (C=O) groups is 9. The van der Waals surface area contributed by atoms with Gasteiger partial charge in [0.05, 0.1) is 334 Å². The van der Waals surface area contributed by atoms with Crippen LogP contribution < -0.4 is 36.6 Å². The molecular weight excluding hydrogens is 1960 g/mol. The van der Waals surface area contributed by atoms with Gasteiger partial charge >= 0.3 is 17.9 Å². The van der Waals surface area contributed by atoms with Crippen LogP contribution in [0.3, 0.4) is 0 Å². The summed E-state index contributed by atoms with van der Waals surface area (Å²) in [7, 11) is 3.12. The van der Waals surface area contributed by atoms with Crippen molar-refractivity contribution in [1.29, 1.82) is 0 Å². The minimum absolute atomic E-state index is 0.0478. The lowest BCUT2D eigenvalue weighted by Crippen LogP contribution is -2.55. The van der Waals surface area contributed by atoms with Crippen LogP contribution in [0.5, 0.6) is 5.75 Å². The first-order chi connectivity index (χ1) is 71.9. The summed E-state index contributed by atoms with van der Waals surface area (Å²) in [5, 5.41) is 26.3. The van der Waals surface area contributed by atoms with Gasteiger partial charge in [0.25, 0.3) is 0 Å². The second-order valence-electron chi connectivity index (χ2n) is 35.6. The van der Waals surface area contributed by atoms with Crippen LogP contribution in [0.25, 0.3) is 0 Å². The molecule has 148 heavy (non-hydrogen) atoms. The highest BCUT2D eigenvalue weighted by molar-refractivity contribution is 6.32. The van der Waals surface area contributed by atoms with E-state index in [-0.39, 0.29) is 96.0 Å². The molecule has 850 valence electrons. The van der Waals surface area contributed by atoms with E-state index in [1.54, 1.807) is 59.1 Å². The zero-order valence-corrected chi connectivity index (χ0v) is 89.6. The molecule has 0 bridgehead atoms. The van der Waals surface area contributed by atoms with Gasteiger partial charge < -0.3 is 170 Å². The Kier molecular flexibility index (Phi) is 79.8. The number of cyclic esters (lactones) is 2. The van der Waals surface area contributed by atoms with E-state index in [2.05, 4.69) is 31.9 Å². The van der Waals surface area contributed by atoms with Gasteiger partial charge in [-0.2, -0.15) is 0 Å². The Morgan fingerprint density at radius 1 is 0.459 bits per heavy atom. The first-order valence-electron chi connectivity index (χ1n) is 51.8. The van der Waals surface area contributed by atoms with E-state index in [1.165, 1.54) is 13.2 Å². The Balaban J connectivity index is 0.930. The van der Waals surface area contributed by atoms with Crippen molar-refractivity contribution in [3.8, 4) is 5.75 Å². The van der Waals surface area contributed by atoms with Crippen LogP contribution in [0.4, 0.5) is 0 Å². The van der Waals surface area contributed by atoms with Gasteiger partial charge in [-0.05, 0) is 92.7 Å². The number of nitrogens with one attached hydrogen (secondary N) is 6. The SMILES string of the molecule is COCCOCCOCCOCCOCCOCCOCCOCCOCCOCCOCCOCCOCCOCCOCCOCCOCCOCCOCCOCCOCCOCCOCCOCCC(=O)NCCCCC(NC(=O)[C@@H](NC(=O)CCCC(=O)O)C(C)C)C(=O)NCc1ccc([C@H]2O[C@@H]2[C@@H](C)[C@@H]2C/C=C/C(=O)N[C@H](Cc3ccc(OC)c(Cl)c3)C(=O)NCC(C)(C)C(=O)O[C@@H](CC(C)C)C(=O)O2)cc1. The molecule has 1 saturated heterocycles. The van der Waals surface area contributed by atoms with Gasteiger partial charge in [0.1, 0.15) is 36.1 Å². The van der Waals surface area contributed by atoms with Gasteiger partial charge in [-0.3, -0.25) is 38.4 Å². The number of halogens is 1. The van der Waals surface area contributed by atoms with Crippen molar-refractivity contribution in [1.82, 2.24) is 31.9 Å². The van der Waals surface area contributed by atoms with Crippen molar-refractivity contribution in [2.45, 2.75) is 162 Å². The lowest BCUT2D eigenvalue weighted by Gasteiger charge is -2.29. The normalized spacial score (nSPS) is 16.9. The third-order valence-electron chi connectivity index (χ3n) is 22.1. The number of rotatable bonds is 96. The van der Waals surface area contributed by atoms with Gasteiger partial charge in [-0.1, -0.05) is 82.6 Å². The molecule has 0 saturated carbocycles. The molecule has 0 aromatic heterocycles. The number of carboxylic acids is 1. The number of ether oxygens (including phenoxy) is 28. The lowest BCUT2D eigenvalue weighted by atomic mass is 9.92. The zero-order valence-electron chi connectivity index (χ0n) is 88.8. The number of methoxy groups -OCH3 is 2. The number of carboxylic acid groups (broad SMARTS) is 1. The molecule has 0 radical (unpaired) electrons. The van der Waals surface area contributed by atoms with Gasteiger partial charge in [-0.25, -0.2) is 4.79 Å². The summed E-state index contributed by atoms with van der Waals surface area (Å²) in [5.41, 5.74) is 0.817. The number of hydrogen-bond donors (Lipinski definition) is 7. The quantitative estimate of drug-likeness (QED) is 0.0250. The Hall–Kier alpha value is -7.50. The predicted molar refractivity (Wildman–Crippen MR) is 541 cm³/mol. The molecule has 0 aliphatic carbocycles. The van der Waals surface area contributed by atoms with E-state index in [1.807, 2.05) is 45.0 Å². The summed E-state index contributed by atoms with van der Waals surface area (Å²) >= 11 is 6.42. The predicted octanol–water partition coefficient (Wildman–Crippen LogP) is 5.33. The fourth-order valence-electron chi connectivity index (χ4n) is 13.7. The smallest absolute Gasteiger partial charge is 0.347 e. The Morgan fingerprint density at radius 2 is 0.858 bits per heavy atom. The fraction of sp³-hybridized carbons (Fsp3) is 0.777. The van der Waals surface area contributed by atoms with Crippen LogP contribution in [-0.4, -0.2) is 433 Å². The molecule has 4 rings (SSSR count). The van der Waals surface area contributed by atoms with Crippen molar-refractivity contribution in [2.75, 3.05) is 338 Å². The second-order valence-corrected chi connectivity index (χ2v) is 36.0. The minimum atomic E-state index is -1.31. The van der Waals surface area contributed by atoms with E-state index in [9.17, 15) is 43.2 Å². The zero-order chi connectivity index (χ0) is 107. The summed E-state index contributed by atoms with van der Waals surface area (Å²) in [6, 6.07) is 9.17. The highest BCUT2D eigenvalue weighted by Crippen LogP contribution is 2.45. The largest absolute Gasteiger partial charge is 0.495 e. The fourth-order valence-corrected chi connectivity index (χ4v) is 14.0. The van der Waals surface area contributed by atoms with Crippen molar-refractivity contribution >= 4 is 65.0 Å². The second kappa shape index (κ2) is 88.9. The van der Waals surface area contributed by atoms with Crippen molar-refractivity contribution in [3.05, 3.63) is 76.3 Å². The standard InChI is InChI=1S/C103H173ClN6O38/c1-79(2)74-90-101(119)146-88(15-12-16-92(112)108-87(76-83-21-24-89(122-9)85(104)75-83)99(117)107-78-103(6,7)102(120)147-90)81(5)96-97(148-96)84-22-19-82(20-23-84)77-106-98(116)86(109-100(118)95(80(3)4)110-93(113)17-13-18-94(114)115)14-10-11-26-105-91(111)25-27-123-30-31-125-34-35-127-38-39-129-42-43-131-46-47-133-50-51-135-54-55-137-58-59-139-62-63-141-66-67-143-70-71-145-73-72-144-69-68-142-65-64-140-61-60-138-57-56-136-53-52-134-49-48-132-45-44-130-41-40-128-37-36-126-33-32-124-29-28-121-8/h12,16,19-24,75,79-81,86-88,90,95-97H,10-11,13-15,17-18,25-74,76-78H2,1-9H3,(H,105,111)(H,106,116)(H,107,117)(H,108,112)(H,109,118)(H,110,113)(H,114,115)/b16-12+/t81-,86?,87+,88-,90-,95-,96+,97+/m0/s1. The number of amides is 6. The van der Waals surface area contributed by atoms with E-state index < -0.39 is 107 Å². The number of hydrogen-bond acceptors (Lipinski definition) is 37. The number of unbranched alkanes of at least 4 members (excludes halogenated alkanes) is 1. The molecule has 1 fully saturated rings. The summed E-state index contributed by atoms with van der Waals surface area (Å²) in [5.74, 6) is -6.10. The topological polar surface area (TPSA) is 508 Å². The summed E-state index contributed by atoms with van der Waals surface area (Å²) < 4.78 is 156. The monoisotopic (exact) mass is 2140 g/mol. The Morgan fingerprint density at radius 3 is 1.24 bits per heavy atom. The first kappa shape index (κ1) is 133. The van der Waals surface area contributed by atoms with Gasteiger partial charge in [0.2, 0.25) is 35.4 Å². The number of carbonyl (C=O) groups excluding carboxylic acids is 8. The van der Waals surface area contributed by atoms with Crippen LogP contribution in [-0.2, 0) is 184 Å². The molecule has 2 aromatic carbocycles. The van der Waals surface area contributed by atoms with Crippen LogP contribution in [0, 0.1) is 23.2 Å². The molecule has 2 heterocycles. The highest BCUT2D eigenvalue weighted by Gasteiger charge is 2.48. The molecule has 6 amide bonds. The van der Waals surface area contributed by atoms with Crippen LogP contribution in [0.2, 0.25) is 5.02 Å². The number of benzene rings is 2. The summed E-state index contributed by atoms with van der Waals surface area (Å²) in [6.07, 6.45) is 0.881. The maximum absolute atomic E-state index is 14.1. The summed E-state index contributed by atoms with van der Waals surface area (Å²) in [4.78, 5) is 120. The highest BCUT2D eigenvalue weighted by atomic mass is 35.5. The Bertz CT molecular complexity index is 3780. The van der Waals surface area contributed by atoms with Crippen molar-refractivity contribution in [3.63, 3.8) is 0 Å². The average molecular weight is 2140 g/mol. The first-order valence-corrected chi connectivity index (χ1v) is 52.2. The molecule has 7 N–H and O–H groups in total. The van der Waals surface area contributed by atoms with E-state index in [4.69, 9.17) is 149 Å². The van der Waals surface area contributed by atoms with E-state index >= 15 is 0 Å². The van der Waals surface area contributed by atoms with Crippen molar-refractivity contribution in [2.24, 2.45) is 23.2 Å². The Labute approximate surface area is 878 Å². The van der Waals surface area contributed by atoms with Crippen LogP contribution in [0.1, 0.15) is 129 Å². The molecule has 0 spiro atoms.